The largest absolute Gasteiger partial charge is 0.496 e. The van der Waals surface area contributed by atoms with Crippen LogP contribution in [-0.2, 0) is 16.1 Å². The number of rotatable bonds is 9. The van der Waals surface area contributed by atoms with Crippen LogP contribution in [0.2, 0.25) is 0 Å². The summed E-state index contributed by atoms with van der Waals surface area (Å²) in [6, 6.07) is 9.40. The molecule has 30 heavy (non-hydrogen) atoms. The predicted octanol–water partition coefficient (Wildman–Crippen LogP) is 2.44. The Morgan fingerprint density at radius 1 is 1.00 bits per heavy atom. The molecule has 0 unspecified atom stereocenters. The van der Waals surface area contributed by atoms with Gasteiger partial charge < -0.3 is 23.8 Å². The molecule has 160 valence electrons. The number of benzene rings is 2. The van der Waals surface area contributed by atoms with Gasteiger partial charge in [-0.05, 0) is 6.07 Å². The summed E-state index contributed by atoms with van der Waals surface area (Å²) >= 11 is 0. The van der Waals surface area contributed by atoms with Crippen molar-refractivity contribution < 1.29 is 33.5 Å². The average Bonchev–Trinajstić information content (AvgIpc) is 2.76. The number of carbonyl (C=O) groups excluding carboxylic acids is 2. The Bertz CT molecular complexity index is 944. The molecule has 10 nitrogen and oxygen atoms in total. The highest BCUT2D eigenvalue weighted by molar-refractivity contribution is 5.96. The number of carbonyl (C=O) groups is 2. The summed E-state index contributed by atoms with van der Waals surface area (Å²) in [5, 5.41) is 11.3. The van der Waals surface area contributed by atoms with Gasteiger partial charge in [0.05, 0.1) is 32.3 Å². The molecule has 0 heterocycles. The van der Waals surface area contributed by atoms with Crippen LogP contribution >= 0.6 is 0 Å². The fourth-order valence-corrected chi connectivity index (χ4v) is 2.68. The van der Waals surface area contributed by atoms with Crippen molar-refractivity contribution >= 4 is 17.6 Å². The van der Waals surface area contributed by atoms with Crippen molar-refractivity contribution in [2.24, 2.45) is 0 Å². The van der Waals surface area contributed by atoms with Gasteiger partial charge >= 0.3 is 5.97 Å². The summed E-state index contributed by atoms with van der Waals surface area (Å²) in [7, 11) is 5.71. The maximum atomic E-state index is 12.4. The van der Waals surface area contributed by atoms with Gasteiger partial charge in [-0.15, -0.1) is 0 Å². The molecule has 0 aliphatic carbocycles. The number of ether oxygens (including phenoxy) is 4. The molecular formula is C20H22N2O8. The first-order valence-electron chi connectivity index (χ1n) is 8.75. The molecule has 2 aromatic carbocycles. The Hall–Kier alpha value is -3.82. The number of hydrogen-bond acceptors (Lipinski definition) is 8. The molecule has 0 saturated heterocycles. The Kier molecular flexibility index (Phi) is 7.56. The Labute approximate surface area is 173 Å². The normalized spacial score (nSPS) is 10.1. The lowest BCUT2D eigenvalue weighted by Crippen LogP contribution is -2.31. The van der Waals surface area contributed by atoms with Crippen LogP contribution in [0.3, 0.4) is 0 Å². The van der Waals surface area contributed by atoms with E-state index < -0.39 is 29.1 Å². The molecule has 2 rings (SSSR count). The van der Waals surface area contributed by atoms with E-state index in [0.29, 0.717) is 5.75 Å². The summed E-state index contributed by atoms with van der Waals surface area (Å²) in [5.74, 6) is -0.683. The van der Waals surface area contributed by atoms with Crippen molar-refractivity contribution in [2.45, 2.75) is 6.54 Å². The van der Waals surface area contributed by atoms with Crippen molar-refractivity contribution in [3.63, 3.8) is 0 Å². The number of likely N-dealkylation sites (N-methyl/N-ethyl adjacent to an activating group) is 1. The van der Waals surface area contributed by atoms with Crippen LogP contribution in [0, 0.1) is 10.1 Å². The lowest BCUT2D eigenvalue weighted by molar-refractivity contribution is -0.385. The number of nitro groups is 1. The van der Waals surface area contributed by atoms with Crippen molar-refractivity contribution in [3.8, 4) is 17.2 Å². The first-order valence-corrected chi connectivity index (χ1v) is 8.75. The van der Waals surface area contributed by atoms with E-state index in [1.807, 2.05) is 18.2 Å². The van der Waals surface area contributed by atoms with Crippen LogP contribution in [0.1, 0.15) is 15.9 Å². The van der Waals surface area contributed by atoms with Gasteiger partial charge in [0, 0.05) is 25.2 Å². The summed E-state index contributed by atoms with van der Waals surface area (Å²) in [5.41, 5.74) is -0.0944. The number of esters is 1. The first-order chi connectivity index (χ1) is 14.3. The third kappa shape index (κ3) is 5.16. The van der Waals surface area contributed by atoms with E-state index in [0.717, 1.165) is 17.7 Å². The maximum Gasteiger partial charge on any atom is 0.345 e. The molecule has 2 aromatic rings. The zero-order valence-electron chi connectivity index (χ0n) is 17.0. The van der Waals surface area contributed by atoms with E-state index in [9.17, 15) is 19.7 Å². The Morgan fingerprint density at radius 3 is 2.20 bits per heavy atom. The van der Waals surface area contributed by atoms with Gasteiger partial charge in [0.25, 0.3) is 11.6 Å². The average molecular weight is 418 g/mol. The van der Waals surface area contributed by atoms with Gasteiger partial charge in [0.15, 0.2) is 18.1 Å². The third-order valence-electron chi connectivity index (χ3n) is 4.27. The number of methoxy groups -OCH3 is 3. The number of nitrogens with zero attached hydrogens (tertiary/aromatic N) is 2. The van der Waals surface area contributed by atoms with E-state index in [4.69, 9.17) is 18.9 Å². The second-order valence-electron chi connectivity index (χ2n) is 6.12. The lowest BCUT2D eigenvalue weighted by Gasteiger charge is -2.18. The number of para-hydroxylation sites is 1. The van der Waals surface area contributed by atoms with E-state index in [-0.39, 0.29) is 23.6 Å². The quantitative estimate of drug-likeness (QED) is 0.346. The molecule has 0 radical (unpaired) electrons. The van der Waals surface area contributed by atoms with E-state index in [2.05, 4.69) is 0 Å². The molecule has 1 amide bonds. The second-order valence-corrected chi connectivity index (χ2v) is 6.12. The highest BCUT2D eigenvalue weighted by Gasteiger charge is 2.26. The molecule has 0 spiro atoms. The monoisotopic (exact) mass is 418 g/mol. The molecule has 0 aromatic heterocycles. The fraction of sp³-hybridized carbons (Fsp3) is 0.300. The molecule has 10 heteroatoms. The van der Waals surface area contributed by atoms with Crippen LogP contribution in [0.25, 0.3) is 0 Å². The second kappa shape index (κ2) is 10.1. The van der Waals surface area contributed by atoms with E-state index in [1.165, 1.54) is 26.2 Å². The van der Waals surface area contributed by atoms with E-state index in [1.54, 1.807) is 13.1 Å². The minimum absolute atomic E-state index is 0.0911. The standard InChI is InChI=1S/C20H22N2O8/c1-21(11-13-7-5-6-8-16(13)27-2)19(23)12-30-20(24)14-9-17(28-3)18(29-4)10-15(14)22(25)26/h5-10H,11-12H2,1-4H3. The smallest absolute Gasteiger partial charge is 0.345 e. The van der Waals surface area contributed by atoms with Crippen molar-refractivity contribution in [1.29, 1.82) is 0 Å². The minimum Gasteiger partial charge on any atom is -0.496 e. The topological polar surface area (TPSA) is 117 Å². The highest BCUT2D eigenvalue weighted by atomic mass is 16.6. The summed E-state index contributed by atoms with van der Waals surface area (Å²) in [4.78, 5) is 36.7. The molecule has 0 aliphatic heterocycles. The lowest BCUT2D eigenvalue weighted by atomic mass is 10.1. The zero-order chi connectivity index (χ0) is 22.3. The summed E-state index contributed by atoms with van der Waals surface area (Å²) < 4.78 is 20.3. The van der Waals surface area contributed by atoms with Gasteiger partial charge in [0.1, 0.15) is 11.3 Å². The Morgan fingerprint density at radius 2 is 1.60 bits per heavy atom. The summed E-state index contributed by atoms with van der Waals surface area (Å²) in [6.07, 6.45) is 0. The van der Waals surface area contributed by atoms with Gasteiger partial charge in [-0.2, -0.15) is 0 Å². The SMILES string of the molecule is COc1ccccc1CN(C)C(=O)COC(=O)c1cc(OC)c(OC)cc1[N+](=O)[O-]. The third-order valence-corrected chi connectivity index (χ3v) is 4.27. The number of amides is 1. The van der Waals surface area contributed by atoms with Gasteiger partial charge in [0.2, 0.25) is 0 Å². The predicted molar refractivity (Wildman–Crippen MR) is 106 cm³/mol. The molecule has 0 N–H and O–H groups in total. The molecular weight excluding hydrogens is 396 g/mol. The van der Waals surface area contributed by atoms with Crippen LogP contribution in [0.4, 0.5) is 5.69 Å². The molecule has 0 fully saturated rings. The zero-order valence-corrected chi connectivity index (χ0v) is 17.0. The van der Waals surface area contributed by atoms with Gasteiger partial charge in [-0.1, -0.05) is 18.2 Å². The molecule has 0 atom stereocenters. The van der Waals surface area contributed by atoms with Crippen LogP contribution < -0.4 is 14.2 Å². The van der Waals surface area contributed by atoms with Crippen LogP contribution in [0.15, 0.2) is 36.4 Å². The van der Waals surface area contributed by atoms with Gasteiger partial charge in [-0.25, -0.2) is 4.79 Å². The molecule has 0 saturated carbocycles. The molecule has 0 aliphatic rings. The van der Waals surface area contributed by atoms with Crippen molar-refractivity contribution in [2.75, 3.05) is 35.0 Å². The fourth-order valence-electron chi connectivity index (χ4n) is 2.68. The number of nitro benzene ring substituents is 1. The van der Waals surface area contributed by atoms with Crippen LogP contribution in [-0.4, -0.2) is 56.7 Å². The van der Waals surface area contributed by atoms with Crippen LogP contribution in [0.5, 0.6) is 17.2 Å². The first kappa shape index (κ1) is 22.5. The maximum absolute atomic E-state index is 12.4. The number of hydrogen-bond donors (Lipinski definition) is 0. The Balaban J connectivity index is 2.11. The molecule has 0 bridgehead atoms. The van der Waals surface area contributed by atoms with E-state index >= 15 is 0 Å². The highest BCUT2D eigenvalue weighted by Crippen LogP contribution is 2.34. The van der Waals surface area contributed by atoms with Crippen molar-refractivity contribution in [1.82, 2.24) is 4.90 Å². The van der Waals surface area contributed by atoms with Crippen molar-refractivity contribution in [3.05, 3.63) is 57.6 Å². The van der Waals surface area contributed by atoms with Gasteiger partial charge in [-0.3, -0.25) is 14.9 Å². The summed E-state index contributed by atoms with van der Waals surface area (Å²) in [6.45, 7) is -0.354. The minimum atomic E-state index is -1.03.